The lowest BCUT2D eigenvalue weighted by Gasteiger charge is -2.16. The molecule has 25 heavy (non-hydrogen) atoms. The van der Waals surface area contributed by atoms with Crippen molar-refractivity contribution in [1.29, 1.82) is 0 Å². The van der Waals surface area contributed by atoms with Gasteiger partial charge in [-0.25, -0.2) is 0 Å². The summed E-state index contributed by atoms with van der Waals surface area (Å²) in [5.41, 5.74) is 2.06. The van der Waals surface area contributed by atoms with E-state index in [9.17, 15) is 4.79 Å². The first-order valence-electron chi connectivity index (χ1n) is 9.28. The number of rotatable bonds is 10. The summed E-state index contributed by atoms with van der Waals surface area (Å²) >= 11 is 1.72. The monoisotopic (exact) mass is 355 g/mol. The number of benzene rings is 2. The van der Waals surface area contributed by atoms with Gasteiger partial charge in [-0.2, -0.15) is 0 Å². The fourth-order valence-corrected chi connectivity index (χ4v) is 3.80. The number of carbonyl (C=O) groups excluding carboxylic acids is 1. The molecule has 0 bridgehead atoms. The van der Waals surface area contributed by atoms with Gasteiger partial charge in [0.05, 0.1) is 5.56 Å². The number of amides is 1. The van der Waals surface area contributed by atoms with Crippen molar-refractivity contribution in [3.05, 3.63) is 65.7 Å². The summed E-state index contributed by atoms with van der Waals surface area (Å²) in [6.45, 7) is 5.19. The summed E-state index contributed by atoms with van der Waals surface area (Å²) in [6, 6.07) is 18.3. The zero-order valence-corrected chi connectivity index (χ0v) is 16.1. The first-order chi connectivity index (χ1) is 12.2. The van der Waals surface area contributed by atoms with Crippen LogP contribution >= 0.6 is 11.8 Å². The van der Waals surface area contributed by atoms with E-state index in [1.165, 1.54) is 24.8 Å². The minimum absolute atomic E-state index is 0.0473. The van der Waals surface area contributed by atoms with E-state index in [1.807, 2.05) is 30.3 Å². The molecular weight excluding hydrogens is 326 g/mol. The molecule has 0 aliphatic rings. The van der Waals surface area contributed by atoms with E-state index in [-0.39, 0.29) is 5.91 Å². The Balaban J connectivity index is 1.95. The standard InChI is InChI=1S/C22H29NOS/c1-3-5-11-18(4-2)16-23-22(24)20-14-9-10-15-21(20)25-17-19-12-7-6-8-13-19/h6-10,12-15,18H,3-5,11,16-17H2,1-2H3,(H,23,24)/t18-/m0/s1. The second-order valence-electron chi connectivity index (χ2n) is 6.40. The molecule has 3 heteroatoms. The lowest BCUT2D eigenvalue weighted by atomic mass is 9.99. The molecule has 0 unspecified atom stereocenters. The minimum atomic E-state index is 0.0473. The van der Waals surface area contributed by atoms with Crippen molar-refractivity contribution >= 4 is 17.7 Å². The Hall–Kier alpha value is -1.74. The smallest absolute Gasteiger partial charge is 0.252 e. The minimum Gasteiger partial charge on any atom is -0.352 e. The van der Waals surface area contributed by atoms with Crippen LogP contribution < -0.4 is 5.32 Å². The van der Waals surface area contributed by atoms with Crippen LogP contribution in [0.25, 0.3) is 0 Å². The molecule has 1 atom stereocenters. The Kier molecular flexibility index (Phi) is 8.61. The van der Waals surface area contributed by atoms with Gasteiger partial charge in [0.2, 0.25) is 0 Å². The maximum Gasteiger partial charge on any atom is 0.252 e. The lowest BCUT2D eigenvalue weighted by Crippen LogP contribution is -2.29. The zero-order valence-electron chi connectivity index (χ0n) is 15.3. The van der Waals surface area contributed by atoms with Crippen molar-refractivity contribution in [2.45, 2.75) is 50.2 Å². The SMILES string of the molecule is CCCC[C@H](CC)CNC(=O)c1ccccc1SCc1ccccc1. The molecule has 0 aliphatic heterocycles. The number of hydrogen-bond donors (Lipinski definition) is 1. The predicted molar refractivity (Wildman–Crippen MR) is 108 cm³/mol. The second-order valence-corrected chi connectivity index (χ2v) is 7.41. The normalized spacial score (nSPS) is 11.9. The summed E-state index contributed by atoms with van der Waals surface area (Å²) < 4.78 is 0. The van der Waals surface area contributed by atoms with Gasteiger partial charge in [0.1, 0.15) is 0 Å². The fraction of sp³-hybridized carbons (Fsp3) is 0.409. The van der Waals surface area contributed by atoms with Gasteiger partial charge >= 0.3 is 0 Å². The summed E-state index contributed by atoms with van der Waals surface area (Å²) in [5, 5.41) is 3.15. The summed E-state index contributed by atoms with van der Waals surface area (Å²) in [6.07, 6.45) is 4.75. The van der Waals surface area contributed by atoms with Crippen LogP contribution in [-0.2, 0) is 5.75 Å². The largest absolute Gasteiger partial charge is 0.352 e. The van der Waals surface area contributed by atoms with Gasteiger partial charge in [-0.3, -0.25) is 4.79 Å². The van der Waals surface area contributed by atoms with E-state index in [0.717, 1.165) is 29.2 Å². The third-order valence-corrected chi connectivity index (χ3v) is 5.61. The van der Waals surface area contributed by atoms with Gasteiger partial charge in [0.15, 0.2) is 0 Å². The molecule has 0 aromatic heterocycles. The Morgan fingerprint density at radius 2 is 1.76 bits per heavy atom. The molecule has 1 N–H and O–H groups in total. The second kappa shape index (κ2) is 11.0. The van der Waals surface area contributed by atoms with Crippen molar-refractivity contribution in [2.24, 2.45) is 5.92 Å². The van der Waals surface area contributed by atoms with Crippen molar-refractivity contribution in [2.75, 3.05) is 6.54 Å². The van der Waals surface area contributed by atoms with Crippen LogP contribution in [0.4, 0.5) is 0 Å². The molecule has 0 aliphatic carbocycles. The van der Waals surface area contributed by atoms with E-state index in [4.69, 9.17) is 0 Å². The molecule has 2 aromatic carbocycles. The highest BCUT2D eigenvalue weighted by molar-refractivity contribution is 7.98. The van der Waals surface area contributed by atoms with E-state index in [0.29, 0.717) is 5.92 Å². The molecular formula is C22H29NOS. The average molecular weight is 356 g/mol. The van der Waals surface area contributed by atoms with Crippen molar-refractivity contribution < 1.29 is 4.79 Å². The van der Waals surface area contributed by atoms with Gasteiger partial charge in [-0.1, -0.05) is 75.6 Å². The fourth-order valence-electron chi connectivity index (χ4n) is 2.79. The van der Waals surface area contributed by atoms with Gasteiger partial charge in [0.25, 0.3) is 5.91 Å². The van der Waals surface area contributed by atoms with Crippen LogP contribution in [0.2, 0.25) is 0 Å². The average Bonchev–Trinajstić information content (AvgIpc) is 2.67. The van der Waals surface area contributed by atoms with E-state index in [1.54, 1.807) is 11.8 Å². The van der Waals surface area contributed by atoms with Crippen molar-refractivity contribution in [1.82, 2.24) is 5.32 Å². The maximum atomic E-state index is 12.6. The summed E-state index contributed by atoms with van der Waals surface area (Å²) in [5.74, 6) is 1.50. The molecule has 0 saturated heterocycles. The van der Waals surface area contributed by atoms with Gasteiger partial charge in [-0.05, 0) is 30.0 Å². The molecule has 1 amide bonds. The summed E-state index contributed by atoms with van der Waals surface area (Å²) in [7, 11) is 0. The van der Waals surface area contributed by atoms with Gasteiger partial charge in [0, 0.05) is 17.2 Å². The van der Waals surface area contributed by atoms with Crippen LogP contribution in [0.15, 0.2) is 59.5 Å². The van der Waals surface area contributed by atoms with Crippen LogP contribution in [0.1, 0.15) is 55.5 Å². The molecule has 0 heterocycles. The molecule has 2 nitrogen and oxygen atoms in total. The third-order valence-electron chi connectivity index (χ3n) is 4.46. The molecule has 2 aromatic rings. The number of thioether (sulfide) groups is 1. The summed E-state index contributed by atoms with van der Waals surface area (Å²) in [4.78, 5) is 13.7. The molecule has 0 fully saturated rings. The van der Waals surface area contributed by atoms with Gasteiger partial charge < -0.3 is 5.32 Å². The highest BCUT2D eigenvalue weighted by Crippen LogP contribution is 2.26. The van der Waals surface area contributed by atoms with Crippen LogP contribution in [-0.4, -0.2) is 12.5 Å². The predicted octanol–water partition coefficient (Wildman–Crippen LogP) is 5.93. The molecule has 134 valence electrons. The first-order valence-corrected chi connectivity index (χ1v) is 10.3. The Morgan fingerprint density at radius 1 is 1.04 bits per heavy atom. The van der Waals surface area contributed by atoms with Crippen molar-refractivity contribution in [3.8, 4) is 0 Å². The number of hydrogen-bond acceptors (Lipinski definition) is 2. The highest BCUT2D eigenvalue weighted by atomic mass is 32.2. The number of carbonyl (C=O) groups is 1. The van der Waals surface area contributed by atoms with Crippen LogP contribution in [0.5, 0.6) is 0 Å². The third kappa shape index (κ3) is 6.58. The molecule has 0 radical (unpaired) electrons. The highest BCUT2D eigenvalue weighted by Gasteiger charge is 2.13. The molecule has 0 saturated carbocycles. The van der Waals surface area contributed by atoms with E-state index >= 15 is 0 Å². The number of unbranched alkanes of at least 4 members (excludes halogenated alkanes) is 1. The van der Waals surface area contributed by atoms with Crippen LogP contribution in [0, 0.1) is 5.92 Å². The topological polar surface area (TPSA) is 29.1 Å². The van der Waals surface area contributed by atoms with E-state index in [2.05, 4.69) is 43.4 Å². The Bertz CT molecular complexity index is 641. The van der Waals surface area contributed by atoms with E-state index < -0.39 is 0 Å². The first kappa shape index (κ1) is 19.6. The Labute approximate surface area is 156 Å². The Morgan fingerprint density at radius 3 is 2.48 bits per heavy atom. The maximum absolute atomic E-state index is 12.6. The lowest BCUT2D eigenvalue weighted by molar-refractivity contribution is 0.0943. The van der Waals surface area contributed by atoms with Gasteiger partial charge in [-0.15, -0.1) is 11.8 Å². The van der Waals surface area contributed by atoms with Crippen LogP contribution in [0.3, 0.4) is 0 Å². The van der Waals surface area contributed by atoms with Crippen molar-refractivity contribution in [3.63, 3.8) is 0 Å². The molecule has 2 rings (SSSR count). The molecule has 0 spiro atoms. The number of nitrogens with one attached hydrogen (secondary N) is 1. The zero-order chi connectivity index (χ0) is 17.9. The quantitative estimate of drug-likeness (QED) is 0.536.